The molecule has 0 unspecified atom stereocenters. The second-order valence-electron chi connectivity index (χ2n) is 7.27. The first-order valence-electron chi connectivity index (χ1n) is 10.5. The van der Waals surface area contributed by atoms with Gasteiger partial charge in [-0.15, -0.1) is 0 Å². The second-order valence-corrected chi connectivity index (χ2v) is 7.27. The van der Waals surface area contributed by atoms with Crippen molar-refractivity contribution in [2.75, 3.05) is 18.5 Å². The lowest BCUT2D eigenvalue weighted by Crippen LogP contribution is -2.20. The van der Waals surface area contributed by atoms with E-state index in [0.29, 0.717) is 40.5 Å². The van der Waals surface area contributed by atoms with Crippen LogP contribution in [0.15, 0.2) is 82.2 Å². The SMILES string of the molecule is CCOc1ccccc1Oc1coc2cc(OCC(=O)Nc3ccc(C)cc3)ccc2c1=O. The van der Waals surface area contributed by atoms with E-state index in [1.165, 1.54) is 6.26 Å². The molecule has 33 heavy (non-hydrogen) atoms. The van der Waals surface area contributed by atoms with E-state index in [-0.39, 0.29) is 23.7 Å². The van der Waals surface area contributed by atoms with Crippen molar-refractivity contribution in [3.8, 4) is 23.0 Å². The summed E-state index contributed by atoms with van der Waals surface area (Å²) in [5, 5.41) is 3.10. The summed E-state index contributed by atoms with van der Waals surface area (Å²) in [6, 6.07) is 19.3. The predicted molar refractivity (Wildman–Crippen MR) is 125 cm³/mol. The second kappa shape index (κ2) is 9.91. The molecule has 1 heterocycles. The maximum atomic E-state index is 12.9. The van der Waals surface area contributed by atoms with Gasteiger partial charge in [-0.05, 0) is 50.2 Å². The van der Waals surface area contributed by atoms with Gasteiger partial charge in [0.15, 0.2) is 18.1 Å². The first kappa shape index (κ1) is 22.0. The summed E-state index contributed by atoms with van der Waals surface area (Å²) in [7, 11) is 0. The normalized spacial score (nSPS) is 10.6. The molecule has 0 bridgehead atoms. The highest BCUT2D eigenvalue weighted by atomic mass is 16.5. The number of anilines is 1. The Morgan fingerprint density at radius 1 is 0.939 bits per heavy atom. The van der Waals surface area contributed by atoms with Crippen LogP contribution < -0.4 is 25.0 Å². The molecule has 0 saturated heterocycles. The first-order valence-corrected chi connectivity index (χ1v) is 10.5. The van der Waals surface area contributed by atoms with Gasteiger partial charge < -0.3 is 23.9 Å². The Morgan fingerprint density at radius 3 is 2.45 bits per heavy atom. The number of carbonyl (C=O) groups is 1. The van der Waals surface area contributed by atoms with Gasteiger partial charge in [-0.2, -0.15) is 0 Å². The maximum Gasteiger partial charge on any atom is 0.262 e. The lowest BCUT2D eigenvalue weighted by molar-refractivity contribution is -0.118. The minimum Gasteiger partial charge on any atom is -0.490 e. The van der Waals surface area contributed by atoms with Gasteiger partial charge in [-0.3, -0.25) is 9.59 Å². The molecule has 1 amide bonds. The number of fused-ring (bicyclic) bond motifs is 1. The maximum absolute atomic E-state index is 12.9. The molecule has 7 heteroatoms. The molecule has 0 spiro atoms. The summed E-state index contributed by atoms with van der Waals surface area (Å²) >= 11 is 0. The minimum atomic E-state index is -0.328. The zero-order valence-corrected chi connectivity index (χ0v) is 18.3. The Balaban J connectivity index is 1.46. The molecule has 1 aromatic heterocycles. The van der Waals surface area contributed by atoms with Crippen LogP contribution >= 0.6 is 0 Å². The van der Waals surface area contributed by atoms with Crippen LogP contribution in [0.2, 0.25) is 0 Å². The quantitative estimate of drug-likeness (QED) is 0.396. The number of amides is 1. The number of rotatable bonds is 8. The van der Waals surface area contributed by atoms with E-state index in [1.807, 2.05) is 44.2 Å². The van der Waals surface area contributed by atoms with E-state index >= 15 is 0 Å². The van der Waals surface area contributed by atoms with Crippen LogP contribution in [0, 0.1) is 6.92 Å². The third-order valence-electron chi connectivity index (χ3n) is 4.79. The number of carbonyl (C=O) groups excluding carboxylic acids is 1. The standard InChI is InChI=1S/C26H23NO6/c1-3-30-21-6-4-5-7-22(21)33-24-15-32-23-14-19(12-13-20(23)26(24)29)31-16-25(28)27-18-10-8-17(2)9-11-18/h4-15H,3,16H2,1-2H3,(H,27,28). The van der Waals surface area contributed by atoms with E-state index in [0.717, 1.165) is 5.56 Å². The van der Waals surface area contributed by atoms with Crippen LogP contribution in [0.5, 0.6) is 23.0 Å². The molecular formula is C26H23NO6. The lowest BCUT2D eigenvalue weighted by atomic mass is 10.2. The van der Waals surface area contributed by atoms with E-state index in [1.54, 1.807) is 36.4 Å². The number of benzene rings is 3. The Labute approximate surface area is 190 Å². The van der Waals surface area contributed by atoms with Crippen molar-refractivity contribution in [3.05, 3.63) is 88.8 Å². The lowest BCUT2D eigenvalue weighted by Gasteiger charge is -2.11. The van der Waals surface area contributed by atoms with Gasteiger partial charge in [0, 0.05) is 11.8 Å². The fourth-order valence-corrected chi connectivity index (χ4v) is 3.16. The van der Waals surface area contributed by atoms with Crippen LogP contribution in [0.3, 0.4) is 0 Å². The van der Waals surface area contributed by atoms with Crippen LogP contribution in [-0.4, -0.2) is 19.1 Å². The summed E-state index contributed by atoms with van der Waals surface area (Å²) in [6.45, 7) is 4.13. The van der Waals surface area contributed by atoms with Crippen molar-refractivity contribution < 1.29 is 23.4 Å². The third kappa shape index (κ3) is 5.33. The molecule has 4 rings (SSSR count). The monoisotopic (exact) mass is 445 g/mol. The number of hydrogen-bond donors (Lipinski definition) is 1. The highest BCUT2D eigenvalue weighted by Gasteiger charge is 2.13. The Morgan fingerprint density at radius 2 is 1.70 bits per heavy atom. The first-order chi connectivity index (χ1) is 16.0. The van der Waals surface area contributed by atoms with E-state index in [4.69, 9.17) is 18.6 Å². The van der Waals surface area contributed by atoms with Gasteiger partial charge in [0.05, 0.1) is 12.0 Å². The van der Waals surface area contributed by atoms with Crippen molar-refractivity contribution in [1.82, 2.24) is 0 Å². The van der Waals surface area contributed by atoms with Crippen LogP contribution in [0.25, 0.3) is 11.0 Å². The Bertz CT molecular complexity index is 1330. The Kier molecular flexibility index (Phi) is 6.59. The van der Waals surface area contributed by atoms with Crippen molar-refractivity contribution in [2.45, 2.75) is 13.8 Å². The molecule has 4 aromatic rings. The Hall–Kier alpha value is -4.26. The zero-order chi connectivity index (χ0) is 23.2. The molecule has 0 radical (unpaired) electrons. The van der Waals surface area contributed by atoms with Gasteiger partial charge in [0.1, 0.15) is 17.6 Å². The molecule has 3 aromatic carbocycles. The van der Waals surface area contributed by atoms with E-state index < -0.39 is 0 Å². The average molecular weight is 445 g/mol. The van der Waals surface area contributed by atoms with Crippen LogP contribution in [0.1, 0.15) is 12.5 Å². The third-order valence-corrected chi connectivity index (χ3v) is 4.79. The van der Waals surface area contributed by atoms with Gasteiger partial charge in [0.25, 0.3) is 5.91 Å². The van der Waals surface area contributed by atoms with Crippen LogP contribution in [0.4, 0.5) is 5.69 Å². The molecular weight excluding hydrogens is 422 g/mol. The summed E-state index contributed by atoms with van der Waals surface area (Å²) in [5.74, 6) is 1.11. The highest BCUT2D eigenvalue weighted by molar-refractivity contribution is 5.92. The fraction of sp³-hybridized carbons (Fsp3) is 0.154. The van der Waals surface area contributed by atoms with Gasteiger partial charge in [-0.1, -0.05) is 29.8 Å². The summed E-state index contributed by atoms with van der Waals surface area (Å²) < 4.78 is 22.5. The number of hydrogen-bond acceptors (Lipinski definition) is 6. The van der Waals surface area contributed by atoms with Gasteiger partial charge in [0.2, 0.25) is 11.2 Å². The molecule has 168 valence electrons. The van der Waals surface area contributed by atoms with Crippen molar-refractivity contribution >= 4 is 22.6 Å². The van der Waals surface area contributed by atoms with E-state index in [2.05, 4.69) is 5.32 Å². The topological polar surface area (TPSA) is 87.0 Å². The molecule has 0 aliphatic heterocycles. The minimum absolute atomic E-state index is 0.0424. The summed E-state index contributed by atoms with van der Waals surface area (Å²) in [4.78, 5) is 25.0. The molecule has 0 fully saturated rings. The molecule has 1 N–H and O–H groups in total. The molecule has 7 nitrogen and oxygen atoms in total. The van der Waals surface area contributed by atoms with E-state index in [9.17, 15) is 9.59 Å². The van der Waals surface area contributed by atoms with Gasteiger partial charge >= 0.3 is 0 Å². The molecule has 0 aliphatic rings. The summed E-state index contributed by atoms with van der Waals surface area (Å²) in [6.07, 6.45) is 1.25. The van der Waals surface area contributed by atoms with Crippen molar-refractivity contribution in [1.29, 1.82) is 0 Å². The van der Waals surface area contributed by atoms with Crippen LogP contribution in [-0.2, 0) is 4.79 Å². The summed E-state index contributed by atoms with van der Waals surface area (Å²) in [5.41, 5.74) is 1.79. The number of nitrogens with one attached hydrogen (secondary N) is 1. The van der Waals surface area contributed by atoms with Gasteiger partial charge in [-0.25, -0.2) is 0 Å². The molecule has 0 saturated carbocycles. The fourth-order valence-electron chi connectivity index (χ4n) is 3.16. The number of ether oxygens (including phenoxy) is 3. The smallest absolute Gasteiger partial charge is 0.262 e. The molecule has 0 aliphatic carbocycles. The number of aryl methyl sites for hydroxylation is 1. The largest absolute Gasteiger partial charge is 0.490 e. The number of para-hydroxylation sites is 2. The predicted octanol–water partition coefficient (Wildman–Crippen LogP) is 5.31. The van der Waals surface area contributed by atoms with Crippen molar-refractivity contribution in [3.63, 3.8) is 0 Å². The average Bonchev–Trinajstić information content (AvgIpc) is 2.82. The van der Waals surface area contributed by atoms with Crippen molar-refractivity contribution in [2.24, 2.45) is 0 Å². The zero-order valence-electron chi connectivity index (χ0n) is 18.3. The molecule has 0 atom stereocenters. The highest BCUT2D eigenvalue weighted by Crippen LogP contribution is 2.31.